The van der Waals surface area contributed by atoms with Crippen molar-refractivity contribution >= 4 is 23.5 Å². The van der Waals surface area contributed by atoms with E-state index in [1.807, 2.05) is 43.3 Å². The molecule has 1 unspecified atom stereocenters. The Morgan fingerprint density at radius 3 is 2.42 bits per heavy atom. The van der Waals surface area contributed by atoms with Crippen molar-refractivity contribution in [2.75, 3.05) is 11.9 Å². The number of rotatable bonds is 8. The number of carbonyl (C=O) groups excluding carboxylic acids is 3. The zero-order valence-electron chi connectivity index (χ0n) is 19.8. The minimum absolute atomic E-state index is 0.223. The van der Waals surface area contributed by atoms with Gasteiger partial charge in [0.1, 0.15) is 5.56 Å². The molecule has 0 fully saturated rings. The zero-order chi connectivity index (χ0) is 25.5. The number of amides is 2. The van der Waals surface area contributed by atoms with Crippen LogP contribution in [-0.2, 0) is 9.53 Å². The summed E-state index contributed by atoms with van der Waals surface area (Å²) in [5.41, 5.74) is 2.33. The van der Waals surface area contributed by atoms with Gasteiger partial charge in [0.25, 0.3) is 11.8 Å². The van der Waals surface area contributed by atoms with Gasteiger partial charge in [-0.15, -0.1) is 0 Å². The van der Waals surface area contributed by atoms with Crippen LogP contribution in [0.2, 0.25) is 0 Å². The van der Waals surface area contributed by atoms with E-state index in [0.29, 0.717) is 22.8 Å². The predicted molar refractivity (Wildman–Crippen MR) is 134 cm³/mol. The Morgan fingerprint density at radius 1 is 0.944 bits per heavy atom. The third-order valence-electron chi connectivity index (χ3n) is 5.52. The second-order valence-corrected chi connectivity index (χ2v) is 8.02. The molecule has 182 valence electrons. The first kappa shape index (κ1) is 24.3. The third kappa shape index (κ3) is 5.64. The van der Waals surface area contributed by atoms with Gasteiger partial charge in [-0.25, -0.2) is 14.5 Å². The topological polar surface area (TPSA) is 115 Å². The van der Waals surface area contributed by atoms with Crippen molar-refractivity contribution in [1.82, 2.24) is 20.1 Å². The highest BCUT2D eigenvalue weighted by molar-refractivity contribution is 6.04. The van der Waals surface area contributed by atoms with E-state index in [1.165, 1.54) is 10.9 Å². The molecule has 0 saturated heterocycles. The number of nitrogens with zero attached hydrogens (tertiary/aromatic N) is 3. The molecule has 2 heterocycles. The van der Waals surface area contributed by atoms with Crippen molar-refractivity contribution in [3.8, 4) is 5.82 Å². The van der Waals surface area contributed by atoms with Crippen LogP contribution in [0.4, 0.5) is 5.69 Å². The molecule has 2 N–H and O–H groups in total. The maximum atomic E-state index is 12.9. The second kappa shape index (κ2) is 11.1. The van der Waals surface area contributed by atoms with Crippen LogP contribution < -0.4 is 10.6 Å². The van der Waals surface area contributed by atoms with Crippen LogP contribution in [0.5, 0.6) is 0 Å². The summed E-state index contributed by atoms with van der Waals surface area (Å²) in [6.45, 7) is 3.07. The number of nitrogens with one attached hydrogen (secondary N) is 2. The first-order chi connectivity index (χ1) is 17.4. The van der Waals surface area contributed by atoms with Crippen LogP contribution in [0.25, 0.3) is 5.82 Å². The zero-order valence-corrected chi connectivity index (χ0v) is 19.8. The quantitative estimate of drug-likeness (QED) is 0.368. The molecule has 9 nitrogen and oxygen atoms in total. The molecule has 0 aliphatic rings. The number of pyridine rings is 1. The van der Waals surface area contributed by atoms with Crippen LogP contribution in [0, 0.1) is 6.92 Å². The summed E-state index contributed by atoms with van der Waals surface area (Å²) in [5, 5.41) is 9.77. The van der Waals surface area contributed by atoms with Crippen LogP contribution >= 0.6 is 0 Å². The smallest absolute Gasteiger partial charge is 0.342 e. The number of ether oxygens (including phenoxy) is 1. The molecule has 2 aromatic heterocycles. The van der Waals surface area contributed by atoms with Gasteiger partial charge in [-0.1, -0.05) is 48.5 Å². The molecule has 4 aromatic rings. The summed E-state index contributed by atoms with van der Waals surface area (Å²) in [6, 6.07) is 21.3. The minimum atomic E-state index is -0.687. The number of benzene rings is 2. The van der Waals surface area contributed by atoms with Gasteiger partial charge in [-0.3, -0.25) is 9.59 Å². The van der Waals surface area contributed by atoms with Crippen molar-refractivity contribution in [2.24, 2.45) is 0 Å². The molecule has 0 saturated carbocycles. The lowest BCUT2D eigenvalue weighted by Crippen LogP contribution is -2.28. The lowest BCUT2D eigenvalue weighted by molar-refractivity contribution is -0.119. The number of aromatic nitrogens is 3. The minimum Gasteiger partial charge on any atom is -0.452 e. The molecule has 2 amide bonds. The van der Waals surface area contributed by atoms with E-state index in [4.69, 9.17) is 4.74 Å². The van der Waals surface area contributed by atoms with Crippen molar-refractivity contribution < 1.29 is 19.1 Å². The van der Waals surface area contributed by atoms with Crippen molar-refractivity contribution in [2.45, 2.75) is 19.9 Å². The Balaban J connectivity index is 1.37. The molecule has 0 aliphatic carbocycles. The van der Waals surface area contributed by atoms with Gasteiger partial charge < -0.3 is 15.4 Å². The van der Waals surface area contributed by atoms with Crippen LogP contribution in [0.1, 0.15) is 44.9 Å². The van der Waals surface area contributed by atoms with Gasteiger partial charge in [0.05, 0.1) is 29.2 Å². The van der Waals surface area contributed by atoms with Crippen LogP contribution in [-0.4, -0.2) is 39.2 Å². The summed E-state index contributed by atoms with van der Waals surface area (Å²) in [7, 11) is 0. The Labute approximate surface area is 208 Å². The molecule has 0 spiro atoms. The summed E-state index contributed by atoms with van der Waals surface area (Å²) in [5.74, 6) is -1.04. The van der Waals surface area contributed by atoms with Crippen LogP contribution in [0.3, 0.4) is 0 Å². The molecule has 2 aromatic carbocycles. The second-order valence-electron chi connectivity index (χ2n) is 8.02. The average Bonchev–Trinajstić information content (AvgIpc) is 3.29. The highest BCUT2D eigenvalue weighted by Gasteiger charge is 2.20. The van der Waals surface area contributed by atoms with Gasteiger partial charge in [0, 0.05) is 6.20 Å². The monoisotopic (exact) mass is 483 g/mol. The number of hydrogen-bond acceptors (Lipinski definition) is 6. The summed E-state index contributed by atoms with van der Waals surface area (Å²) < 4.78 is 6.71. The largest absolute Gasteiger partial charge is 0.452 e. The number of hydrogen-bond donors (Lipinski definition) is 2. The molecule has 0 bridgehead atoms. The highest BCUT2D eigenvalue weighted by atomic mass is 16.5. The lowest BCUT2D eigenvalue weighted by Gasteiger charge is -2.16. The fourth-order valence-corrected chi connectivity index (χ4v) is 3.60. The predicted octanol–water partition coefficient (Wildman–Crippen LogP) is 3.86. The van der Waals surface area contributed by atoms with Crippen molar-refractivity contribution in [3.05, 3.63) is 108 Å². The van der Waals surface area contributed by atoms with Gasteiger partial charge in [-0.2, -0.15) is 5.10 Å². The molecule has 36 heavy (non-hydrogen) atoms. The fourth-order valence-electron chi connectivity index (χ4n) is 3.60. The molecule has 4 rings (SSSR count). The standard InChI is InChI=1S/C27H25N5O4/c1-18(20-10-4-3-5-11-20)30-26(34)21-12-6-7-13-23(21)31-25(33)17-36-27(35)22-16-29-32(19(22)2)24-14-8-9-15-28-24/h3-16,18H,17H2,1-2H3,(H,30,34)(H,31,33). The number of anilines is 1. The molecular weight excluding hydrogens is 458 g/mol. The maximum absolute atomic E-state index is 12.9. The summed E-state index contributed by atoms with van der Waals surface area (Å²) in [6.07, 6.45) is 3.00. The number of esters is 1. The Bertz CT molecular complexity index is 1370. The van der Waals surface area contributed by atoms with E-state index < -0.39 is 18.5 Å². The van der Waals surface area contributed by atoms with Crippen molar-refractivity contribution in [1.29, 1.82) is 0 Å². The first-order valence-electron chi connectivity index (χ1n) is 11.3. The Hall–Kier alpha value is -4.79. The van der Waals surface area contributed by atoms with E-state index in [1.54, 1.807) is 49.5 Å². The SMILES string of the molecule is Cc1c(C(=O)OCC(=O)Nc2ccccc2C(=O)NC(C)c2ccccc2)cnn1-c1ccccn1. The van der Waals surface area contributed by atoms with E-state index in [0.717, 1.165) is 5.56 Å². The molecular formula is C27H25N5O4. The van der Waals surface area contributed by atoms with E-state index >= 15 is 0 Å². The lowest BCUT2D eigenvalue weighted by atomic mass is 10.1. The molecule has 0 aliphatic heterocycles. The Kier molecular flexibility index (Phi) is 7.50. The number of carbonyl (C=O) groups is 3. The molecule has 9 heteroatoms. The normalized spacial score (nSPS) is 11.4. The fraction of sp³-hybridized carbons (Fsp3) is 0.148. The Morgan fingerprint density at radius 2 is 1.67 bits per heavy atom. The van der Waals surface area contributed by atoms with E-state index in [2.05, 4.69) is 20.7 Å². The van der Waals surface area contributed by atoms with Crippen LogP contribution in [0.15, 0.2) is 85.2 Å². The van der Waals surface area contributed by atoms with Gasteiger partial charge in [0.15, 0.2) is 12.4 Å². The molecule has 1 atom stereocenters. The average molecular weight is 484 g/mol. The van der Waals surface area contributed by atoms with Gasteiger partial charge >= 0.3 is 5.97 Å². The summed E-state index contributed by atoms with van der Waals surface area (Å²) in [4.78, 5) is 42.2. The van der Waals surface area contributed by atoms with E-state index in [-0.39, 0.29) is 17.5 Å². The summed E-state index contributed by atoms with van der Waals surface area (Å²) >= 11 is 0. The van der Waals surface area contributed by atoms with E-state index in [9.17, 15) is 14.4 Å². The van der Waals surface area contributed by atoms with Crippen molar-refractivity contribution in [3.63, 3.8) is 0 Å². The number of para-hydroxylation sites is 1. The van der Waals surface area contributed by atoms with Gasteiger partial charge in [0.2, 0.25) is 0 Å². The maximum Gasteiger partial charge on any atom is 0.342 e. The first-order valence-corrected chi connectivity index (χ1v) is 11.3. The third-order valence-corrected chi connectivity index (χ3v) is 5.52. The molecule has 0 radical (unpaired) electrons. The van der Waals surface area contributed by atoms with Gasteiger partial charge in [-0.05, 0) is 43.7 Å². The highest BCUT2D eigenvalue weighted by Crippen LogP contribution is 2.18.